The number of carbonyl (C=O) groups excluding carboxylic acids is 11. The van der Waals surface area contributed by atoms with E-state index < -0.39 is 125 Å². The Bertz CT molecular complexity index is 3080. The van der Waals surface area contributed by atoms with Gasteiger partial charge in [0.15, 0.2) is 5.78 Å². The quantitative estimate of drug-likeness (QED) is 0.0401. The third-order valence-corrected chi connectivity index (χ3v) is 17.7. The van der Waals surface area contributed by atoms with Crippen molar-refractivity contribution in [2.75, 3.05) is 32.6 Å². The zero-order valence-corrected chi connectivity index (χ0v) is 53.1. The summed E-state index contributed by atoms with van der Waals surface area (Å²) in [6, 6.07) is 4.86. The van der Waals surface area contributed by atoms with Gasteiger partial charge in [0.2, 0.25) is 11.8 Å². The monoisotopic (exact) mass is 1260 g/mol. The lowest BCUT2D eigenvalue weighted by Crippen LogP contribution is -2.53. The minimum atomic E-state index is -1.66. The van der Waals surface area contributed by atoms with E-state index in [2.05, 4.69) is 10.6 Å². The predicted octanol–water partition coefficient (Wildman–Crippen LogP) is 6.48. The maximum atomic E-state index is 14.5. The number of hydrogen-bond donors (Lipinski definition) is 4. The van der Waals surface area contributed by atoms with Crippen LogP contribution in [0.15, 0.2) is 54.1 Å². The molecule has 7 amide bonds. The number of fused-ring (bicyclic) bond motifs is 5. The number of nitrogens with zero attached hydrogens (tertiary/aromatic N) is 3. The van der Waals surface area contributed by atoms with Crippen LogP contribution in [0.2, 0.25) is 10.0 Å². The SMILES string of the molecule is CO[C@@H]1/C=C/C=C(\C)Cc2cc(C)c(Cl)c(c2)N(C)C(=O)C[C@H](OC(=O)[C@H](C)N(C)C(=O)c2ccc(CC(=O)[C@H](CCCNC(N)=O)NC(=O)[C@@H](CC(=O)CCCCC(=O)ON3C(=O)CCC3=O)C(C)C)cc2Cl)[C@]2(C)O[C@H]2[C@H](C)[C@@H]2C[C@@]1(O)CC(=O)O2. The number of primary amides is 1. The van der Waals surface area contributed by atoms with E-state index >= 15 is 0 Å². The van der Waals surface area contributed by atoms with Crippen molar-refractivity contribution in [3.8, 4) is 0 Å². The van der Waals surface area contributed by atoms with E-state index in [9.17, 15) is 57.8 Å². The highest BCUT2D eigenvalue weighted by Gasteiger charge is 2.64. The minimum absolute atomic E-state index is 0.0207. The van der Waals surface area contributed by atoms with Crippen LogP contribution in [0.5, 0.6) is 0 Å². The van der Waals surface area contributed by atoms with Gasteiger partial charge in [-0.15, -0.1) is 5.06 Å². The molecule has 88 heavy (non-hydrogen) atoms. The topological polar surface area (TPSA) is 317 Å². The van der Waals surface area contributed by atoms with Crippen LogP contribution in [0.1, 0.15) is 146 Å². The molecule has 5 N–H and O–H groups in total. The molecule has 0 saturated carbocycles. The summed E-state index contributed by atoms with van der Waals surface area (Å²) in [5, 5.41) is 18.0. The average Bonchev–Trinajstić information content (AvgIpc) is 1.62. The molecule has 0 aliphatic carbocycles. The minimum Gasteiger partial charge on any atom is -0.462 e. The smallest absolute Gasteiger partial charge is 0.333 e. The number of anilines is 1. The number of benzene rings is 2. The molecule has 2 aromatic carbocycles. The predicted molar refractivity (Wildman–Crippen MR) is 322 cm³/mol. The summed E-state index contributed by atoms with van der Waals surface area (Å²) in [7, 11) is 4.37. The fourth-order valence-electron chi connectivity index (χ4n) is 11.3. The Morgan fingerprint density at radius 1 is 0.955 bits per heavy atom. The van der Waals surface area contributed by atoms with E-state index in [4.69, 9.17) is 52.7 Å². The van der Waals surface area contributed by atoms with Crippen LogP contribution in [-0.4, -0.2) is 156 Å². The van der Waals surface area contributed by atoms with Gasteiger partial charge in [-0.05, 0) is 101 Å². The van der Waals surface area contributed by atoms with E-state index in [-0.39, 0.29) is 106 Å². The first-order valence-electron chi connectivity index (χ1n) is 29.6. The lowest BCUT2D eigenvalue weighted by molar-refractivity contribution is -0.197. The summed E-state index contributed by atoms with van der Waals surface area (Å²) in [6.45, 7) is 12.2. The van der Waals surface area contributed by atoms with E-state index in [1.54, 1.807) is 46.9 Å². The molecule has 23 nitrogen and oxygen atoms in total. The lowest BCUT2D eigenvalue weighted by Gasteiger charge is -2.41. The van der Waals surface area contributed by atoms with Gasteiger partial charge in [-0.2, -0.15) is 0 Å². The molecule has 0 spiro atoms. The van der Waals surface area contributed by atoms with Crippen molar-refractivity contribution >= 4 is 93.9 Å². The molecule has 4 bridgehead atoms. The number of halogens is 2. The Hall–Kier alpha value is -7.05. The number of likely N-dealkylation sites (N-methyl/N-ethyl adjacent to an activating group) is 1. The largest absolute Gasteiger partial charge is 0.462 e. The first-order valence-corrected chi connectivity index (χ1v) is 30.4. The van der Waals surface area contributed by atoms with E-state index in [1.165, 1.54) is 44.2 Å². The number of hydrogen-bond acceptors (Lipinski definition) is 17. The molecule has 4 aliphatic rings. The number of rotatable bonds is 23. The second-order valence-electron chi connectivity index (χ2n) is 24.0. The first kappa shape index (κ1) is 70.0. The van der Waals surface area contributed by atoms with Crippen molar-refractivity contribution in [3.05, 3.63) is 86.4 Å². The maximum absolute atomic E-state index is 14.5. The molecule has 0 unspecified atom stereocenters. The number of hydroxylamine groups is 2. The highest BCUT2D eigenvalue weighted by Crippen LogP contribution is 2.50. The van der Waals surface area contributed by atoms with Crippen molar-refractivity contribution in [1.82, 2.24) is 20.6 Å². The highest BCUT2D eigenvalue weighted by atomic mass is 35.5. The van der Waals surface area contributed by atoms with Crippen LogP contribution >= 0.6 is 23.2 Å². The molecule has 4 aliphatic heterocycles. The van der Waals surface area contributed by atoms with Gasteiger partial charge in [0.05, 0.1) is 46.3 Å². The second-order valence-corrected chi connectivity index (χ2v) is 24.8. The number of ketones is 2. The number of nitrogens with one attached hydrogen (secondary N) is 2. The van der Waals surface area contributed by atoms with Crippen LogP contribution in [0.3, 0.4) is 0 Å². The average molecular weight is 1270 g/mol. The zero-order valence-electron chi connectivity index (χ0n) is 51.6. The third-order valence-electron chi connectivity index (χ3n) is 16.9. The van der Waals surface area contributed by atoms with Gasteiger partial charge < -0.3 is 55.1 Å². The number of urea groups is 1. The molecular weight excluding hydrogens is 1180 g/mol. The number of carbonyl (C=O) groups is 11. The van der Waals surface area contributed by atoms with Crippen molar-refractivity contribution in [2.45, 2.75) is 186 Å². The number of nitrogens with two attached hydrogens (primary N) is 1. The number of methoxy groups -OCH3 is 1. The van der Waals surface area contributed by atoms with Gasteiger partial charge in [0.25, 0.3) is 17.7 Å². The fourth-order valence-corrected chi connectivity index (χ4v) is 11.8. The summed E-state index contributed by atoms with van der Waals surface area (Å²) >= 11 is 13.6. The maximum Gasteiger partial charge on any atom is 0.333 e. The Morgan fingerprint density at radius 2 is 1.64 bits per heavy atom. The lowest BCUT2D eigenvalue weighted by atomic mass is 9.78. The fraction of sp³-hybridized carbons (Fsp3) is 0.571. The van der Waals surface area contributed by atoms with Crippen LogP contribution in [0.25, 0.3) is 0 Å². The summed E-state index contributed by atoms with van der Waals surface area (Å²) in [6.07, 6.45) is 1.35. The normalized spacial score (nSPS) is 25.1. The van der Waals surface area contributed by atoms with Gasteiger partial charge in [0, 0.05) is 84.5 Å². The number of esters is 2. The number of allylic oxidation sites excluding steroid dienone is 3. The Morgan fingerprint density at radius 3 is 2.28 bits per heavy atom. The molecule has 6 rings (SSSR count). The molecule has 2 aromatic rings. The molecule has 3 saturated heterocycles. The van der Waals surface area contributed by atoms with Crippen LogP contribution in [-0.2, 0) is 79.8 Å². The number of Topliss-reactive ketones (excluding diaryl/α,β-unsaturated/α-hetero) is 2. The number of imide groups is 1. The second kappa shape index (κ2) is 30.4. The number of epoxide rings is 1. The number of aliphatic hydroxyl groups is 1. The molecule has 0 aromatic heterocycles. The van der Waals surface area contributed by atoms with Crippen LogP contribution in [0.4, 0.5) is 10.5 Å². The Labute approximate surface area is 522 Å². The van der Waals surface area contributed by atoms with Gasteiger partial charge >= 0.3 is 23.9 Å². The summed E-state index contributed by atoms with van der Waals surface area (Å²) in [4.78, 5) is 152. The third kappa shape index (κ3) is 17.8. The standard InChI is InChI=1S/C63H82Cl2N6O17/c1-34(2)43(30-41(72)16-11-12-19-54(77)88-71-51(74)22-23-52(71)75)58(79)68-45(17-14-24-67-61(66)82)47(73)29-39-20-21-42(44(64)27-39)59(80)69(8)38(6)60(81)86-50-31-53(76)70(9)46-28-40(26-36(4)56(46)65)25-35(3)15-13-18-49(84-10)63(83)32-48(85-55(78)33-63)37(5)57-62(50,7)87-57/h13,15,18,20-21,26-28,34,37-38,43,45,48-50,57,83H,11-12,14,16-17,19,22-25,29-33H2,1-10H3,(H,68,79)(H3,66,67,82)/b18-13+,35-15+/t37-,38+,43+,45+,48+,49-,50+,57+,62+,63-/m1/s1. The van der Waals surface area contributed by atoms with Gasteiger partial charge in [-0.1, -0.05) is 79.9 Å². The molecule has 25 heteroatoms. The van der Waals surface area contributed by atoms with Crippen molar-refractivity contribution in [1.29, 1.82) is 0 Å². The zero-order chi connectivity index (χ0) is 65.1. The van der Waals surface area contributed by atoms with Gasteiger partial charge in [-0.25, -0.2) is 14.4 Å². The van der Waals surface area contributed by atoms with Gasteiger partial charge in [-0.3, -0.25) is 38.4 Å². The molecule has 0 radical (unpaired) electrons. The summed E-state index contributed by atoms with van der Waals surface area (Å²) in [5.74, 6) is -7.81. The molecule has 10 atom stereocenters. The molecular formula is C63H82Cl2N6O17. The van der Waals surface area contributed by atoms with Crippen LogP contribution in [0, 0.1) is 24.7 Å². The molecule has 4 heterocycles. The van der Waals surface area contributed by atoms with Gasteiger partial charge in [0.1, 0.15) is 41.3 Å². The number of aryl methyl sites for hydroxylation is 1. The highest BCUT2D eigenvalue weighted by molar-refractivity contribution is 6.35. The summed E-state index contributed by atoms with van der Waals surface area (Å²) in [5.41, 5.74) is 5.49. The number of unbranched alkanes of at least 4 members (excludes halogenated alkanes) is 1. The Kier molecular flexibility index (Phi) is 24.2. The Balaban J connectivity index is 1.14. The number of amides is 7. The van der Waals surface area contributed by atoms with Crippen LogP contribution < -0.4 is 21.3 Å². The summed E-state index contributed by atoms with van der Waals surface area (Å²) < 4.78 is 24.1. The van der Waals surface area contributed by atoms with E-state index in [1.807, 2.05) is 32.1 Å². The molecule has 3 fully saturated rings. The van der Waals surface area contributed by atoms with Crippen molar-refractivity contribution in [3.63, 3.8) is 0 Å². The van der Waals surface area contributed by atoms with E-state index in [0.717, 1.165) is 16.0 Å². The number of ether oxygens (including phenoxy) is 4. The molecule has 480 valence electrons. The van der Waals surface area contributed by atoms with Crippen molar-refractivity contribution < 1.29 is 81.6 Å². The first-order chi connectivity index (χ1) is 41.4. The van der Waals surface area contributed by atoms with E-state index in [0.29, 0.717) is 33.3 Å². The van der Waals surface area contributed by atoms with Crippen molar-refractivity contribution in [2.24, 2.45) is 23.5 Å².